The highest BCUT2D eigenvalue weighted by molar-refractivity contribution is 7.90. The van der Waals surface area contributed by atoms with Crippen molar-refractivity contribution in [2.24, 2.45) is 4.40 Å². The summed E-state index contributed by atoms with van der Waals surface area (Å²) in [4.78, 5) is 13.9. The highest BCUT2D eigenvalue weighted by atomic mass is 32.2. The molecule has 1 atom stereocenters. The van der Waals surface area contributed by atoms with Gasteiger partial charge in [-0.25, -0.2) is 8.42 Å². The van der Waals surface area contributed by atoms with E-state index in [2.05, 4.69) is 15.0 Å². The van der Waals surface area contributed by atoms with E-state index in [0.29, 0.717) is 13.1 Å². The first kappa shape index (κ1) is 15.7. The van der Waals surface area contributed by atoms with Crippen LogP contribution < -0.4 is 10.6 Å². The number of hydrogen-bond acceptors (Lipinski definition) is 5. The Morgan fingerprint density at radius 3 is 3.00 bits per heavy atom. The van der Waals surface area contributed by atoms with Crippen LogP contribution in [0.5, 0.6) is 0 Å². The Morgan fingerprint density at radius 1 is 1.52 bits per heavy atom. The molecule has 0 spiro atoms. The van der Waals surface area contributed by atoms with Crippen LogP contribution in [0.3, 0.4) is 0 Å². The average Bonchev–Trinajstić information content (AvgIpc) is 2.43. The van der Waals surface area contributed by atoms with Gasteiger partial charge in [-0.3, -0.25) is 4.79 Å². The minimum Gasteiger partial charge on any atom is -0.350 e. The number of hydrogen-bond donors (Lipinski definition) is 2. The molecule has 0 bridgehead atoms. The van der Waals surface area contributed by atoms with E-state index in [9.17, 15) is 13.2 Å². The van der Waals surface area contributed by atoms with Crippen LogP contribution in [0, 0.1) is 0 Å². The van der Waals surface area contributed by atoms with Crippen molar-refractivity contribution < 1.29 is 13.2 Å². The second kappa shape index (κ2) is 6.40. The van der Waals surface area contributed by atoms with Gasteiger partial charge < -0.3 is 15.5 Å². The summed E-state index contributed by atoms with van der Waals surface area (Å²) in [6.45, 7) is 5.56. The summed E-state index contributed by atoms with van der Waals surface area (Å²) in [6.07, 6.45) is 5.04. The van der Waals surface area contributed by atoms with Crippen LogP contribution in [0.4, 0.5) is 0 Å². The van der Waals surface area contributed by atoms with Crippen molar-refractivity contribution in [3.8, 4) is 0 Å². The van der Waals surface area contributed by atoms with Crippen LogP contribution in [-0.2, 0) is 14.8 Å². The molecular formula is C13H20N4O3S. The fourth-order valence-electron chi connectivity index (χ4n) is 2.16. The Hall–Kier alpha value is -1.67. The van der Waals surface area contributed by atoms with Gasteiger partial charge >= 0.3 is 0 Å². The Morgan fingerprint density at radius 2 is 2.29 bits per heavy atom. The number of sulfonamides is 1. The summed E-state index contributed by atoms with van der Waals surface area (Å²) in [5.74, 6) is -0.144. The zero-order valence-electron chi connectivity index (χ0n) is 12.2. The van der Waals surface area contributed by atoms with Gasteiger partial charge in [0, 0.05) is 25.3 Å². The van der Waals surface area contributed by atoms with Crippen molar-refractivity contribution in [1.29, 1.82) is 0 Å². The second-order valence-electron chi connectivity index (χ2n) is 4.98. The monoisotopic (exact) mass is 312 g/mol. The molecule has 7 nitrogen and oxygen atoms in total. The van der Waals surface area contributed by atoms with Gasteiger partial charge in [-0.05, 0) is 25.6 Å². The number of fused-ring (bicyclic) bond motifs is 1. The molecule has 2 rings (SSSR count). The fourth-order valence-corrected chi connectivity index (χ4v) is 3.14. The minimum absolute atomic E-state index is 0.0345. The van der Waals surface area contributed by atoms with E-state index in [1.165, 1.54) is 0 Å². The molecule has 2 N–H and O–H groups in total. The smallest absolute Gasteiger partial charge is 0.256 e. The third-order valence-corrected chi connectivity index (χ3v) is 4.37. The van der Waals surface area contributed by atoms with E-state index in [0.717, 1.165) is 6.54 Å². The molecule has 0 saturated carbocycles. The quantitative estimate of drug-likeness (QED) is 0.721. The number of amidine groups is 1. The van der Waals surface area contributed by atoms with E-state index >= 15 is 0 Å². The van der Waals surface area contributed by atoms with Gasteiger partial charge in [-0.1, -0.05) is 6.92 Å². The molecule has 8 heteroatoms. The molecule has 0 aromatic carbocycles. The van der Waals surface area contributed by atoms with E-state index in [4.69, 9.17) is 0 Å². The molecule has 1 amide bonds. The van der Waals surface area contributed by atoms with Crippen molar-refractivity contribution in [3.05, 3.63) is 23.9 Å². The highest BCUT2D eigenvalue weighted by Gasteiger charge is 2.29. The van der Waals surface area contributed by atoms with Crippen molar-refractivity contribution in [1.82, 2.24) is 15.5 Å². The van der Waals surface area contributed by atoms with Crippen LogP contribution >= 0.6 is 0 Å². The summed E-state index contributed by atoms with van der Waals surface area (Å²) in [6, 6.07) is 0.145. The lowest BCUT2D eigenvalue weighted by molar-refractivity contribution is -0.117. The van der Waals surface area contributed by atoms with E-state index in [1.807, 2.05) is 13.8 Å². The zero-order chi connectivity index (χ0) is 15.5. The molecule has 116 valence electrons. The number of carbonyl (C=O) groups excluding carboxylic acids is 1. The maximum absolute atomic E-state index is 12.2. The summed E-state index contributed by atoms with van der Waals surface area (Å²) in [5, 5.41) is 5.98. The summed E-state index contributed by atoms with van der Waals surface area (Å²) in [5.41, 5.74) is 0.282. The van der Waals surface area contributed by atoms with Gasteiger partial charge in [-0.2, -0.15) is 0 Å². The molecule has 21 heavy (non-hydrogen) atoms. The number of rotatable bonds is 5. The normalized spacial score (nSPS) is 21.1. The number of nitrogens with one attached hydrogen (secondary N) is 2. The van der Waals surface area contributed by atoms with Crippen LogP contribution in [0.15, 0.2) is 28.3 Å². The van der Waals surface area contributed by atoms with Gasteiger partial charge in [0.1, 0.15) is 0 Å². The lowest BCUT2D eigenvalue weighted by atomic mass is 10.1. The molecule has 0 aromatic heterocycles. The summed E-state index contributed by atoms with van der Waals surface area (Å²) < 4.78 is 27.0. The number of allylic oxidation sites excluding steroid dienone is 2. The number of nitrogens with zero attached hydrogens (tertiary/aromatic N) is 2. The predicted octanol–water partition coefficient (Wildman–Crippen LogP) is -0.402. The van der Waals surface area contributed by atoms with Crippen LogP contribution in [0.1, 0.15) is 13.8 Å². The van der Waals surface area contributed by atoms with Crippen molar-refractivity contribution >= 4 is 21.8 Å². The molecule has 2 aliphatic heterocycles. The van der Waals surface area contributed by atoms with Crippen molar-refractivity contribution in [2.45, 2.75) is 19.9 Å². The first-order valence-electron chi connectivity index (χ1n) is 6.92. The van der Waals surface area contributed by atoms with E-state index < -0.39 is 10.0 Å². The molecule has 0 saturated heterocycles. The molecule has 0 unspecified atom stereocenters. The SMILES string of the molecule is CCN[C@H](C)CNC(=O)C1=CC=CN2CCS(=O)(=O)N=C12. The standard InChI is InChI=1S/C13H20N4O3S/c1-3-14-10(2)9-15-13(18)11-5-4-6-17-7-8-21(19,20)16-12(11)17/h4-6,10,14H,3,7-9H2,1-2H3,(H,15,18)/t10-/m1/s1. The highest BCUT2D eigenvalue weighted by Crippen LogP contribution is 2.17. The lowest BCUT2D eigenvalue weighted by Gasteiger charge is -2.28. The van der Waals surface area contributed by atoms with Gasteiger partial charge in [0.25, 0.3) is 15.9 Å². The first-order chi connectivity index (χ1) is 9.93. The van der Waals surface area contributed by atoms with Crippen molar-refractivity contribution in [2.75, 3.05) is 25.4 Å². The molecule has 0 fully saturated rings. The first-order valence-corrected chi connectivity index (χ1v) is 8.53. The lowest BCUT2D eigenvalue weighted by Crippen LogP contribution is -2.44. The summed E-state index contributed by atoms with van der Waals surface area (Å²) >= 11 is 0. The van der Waals surface area contributed by atoms with Crippen LogP contribution in [-0.4, -0.2) is 56.5 Å². The van der Waals surface area contributed by atoms with Gasteiger partial charge in [-0.15, -0.1) is 4.40 Å². The molecule has 0 aromatic rings. The fraction of sp³-hybridized carbons (Fsp3) is 0.538. The van der Waals surface area contributed by atoms with Gasteiger partial charge in [0.05, 0.1) is 11.3 Å². The average molecular weight is 312 g/mol. The second-order valence-corrected chi connectivity index (χ2v) is 6.74. The Labute approximate surface area is 124 Å². The molecule has 0 radical (unpaired) electrons. The number of amides is 1. The van der Waals surface area contributed by atoms with Crippen LogP contribution in [0.25, 0.3) is 0 Å². The predicted molar refractivity (Wildman–Crippen MR) is 81.3 cm³/mol. The number of carbonyl (C=O) groups is 1. The maximum atomic E-state index is 12.2. The minimum atomic E-state index is -3.48. The molecule has 0 aliphatic carbocycles. The summed E-state index contributed by atoms with van der Waals surface area (Å²) in [7, 11) is -3.48. The Kier molecular flexibility index (Phi) is 4.79. The van der Waals surface area contributed by atoms with Crippen LogP contribution in [0.2, 0.25) is 0 Å². The third kappa shape index (κ3) is 3.92. The Bertz CT molecular complexity index is 607. The third-order valence-electron chi connectivity index (χ3n) is 3.22. The largest absolute Gasteiger partial charge is 0.350 e. The van der Waals surface area contributed by atoms with E-state index in [-0.39, 0.29) is 29.1 Å². The number of likely N-dealkylation sites (N-methyl/N-ethyl adjacent to an activating group) is 1. The molecule has 2 aliphatic rings. The maximum Gasteiger partial charge on any atom is 0.256 e. The van der Waals surface area contributed by atoms with Gasteiger partial charge in [0.2, 0.25) is 0 Å². The van der Waals surface area contributed by atoms with E-state index in [1.54, 1.807) is 23.3 Å². The molecule has 2 heterocycles. The topological polar surface area (TPSA) is 90.9 Å². The van der Waals surface area contributed by atoms with Gasteiger partial charge in [0.15, 0.2) is 5.84 Å². The van der Waals surface area contributed by atoms with Crippen molar-refractivity contribution in [3.63, 3.8) is 0 Å². The molecular weight excluding hydrogens is 292 g/mol. The Balaban J connectivity index is 2.11. The zero-order valence-corrected chi connectivity index (χ0v) is 13.0.